The first-order chi connectivity index (χ1) is 18.6. The summed E-state index contributed by atoms with van der Waals surface area (Å²) in [6, 6.07) is 13.6. The largest absolute Gasteiger partial charge is 0.465 e. The zero-order valence-corrected chi connectivity index (χ0v) is 23.8. The number of piperidine rings is 1. The number of carboxylic acid groups (broad SMARTS) is 1. The molecule has 0 spiro atoms. The molecular formula is C31H42ClN3O4. The minimum atomic E-state index is -1.32. The van der Waals surface area contributed by atoms with E-state index in [1.807, 2.05) is 35.2 Å². The fourth-order valence-electron chi connectivity index (χ4n) is 6.47. The van der Waals surface area contributed by atoms with Gasteiger partial charge in [0.15, 0.2) is 0 Å². The Morgan fingerprint density at radius 2 is 1.97 bits per heavy atom. The lowest BCUT2D eigenvalue weighted by Gasteiger charge is -2.44. The Bertz CT molecular complexity index is 1170. The van der Waals surface area contributed by atoms with Crippen molar-refractivity contribution in [2.45, 2.75) is 82.9 Å². The first-order valence-electron chi connectivity index (χ1n) is 14.3. The van der Waals surface area contributed by atoms with Gasteiger partial charge in [-0.25, -0.2) is 4.79 Å². The van der Waals surface area contributed by atoms with E-state index in [9.17, 15) is 19.8 Å². The number of nitrogens with zero attached hydrogens (tertiary/aromatic N) is 1. The van der Waals surface area contributed by atoms with E-state index in [0.717, 1.165) is 55.2 Å². The van der Waals surface area contributed by atoms with Crippen molar-refractivity contribution in [3.8, 4) is 11.1 Å². The molecule has 7 nitrogen and oxygen atoms in total. The zero-order chi connectivity index (χ0) is 28.2. The fraction of sp³-hybridized carbons (Fsp3) is 0.548. The SMILES string of the molecule is CCc1cccc(-c2c(Cl)cccc2C(O)(CCC(C)NC(=O)O)C2CCCN(C(=O)C3CCC(N)C3)C2)c1. The monoisotopic (exact) mass is 555 g/mol. The van der Waals surface area contributed by atoms with E-state index in [-0.39, 0.29) is 29.8 Å². The molecule has 2 fully saturated rings. The van der Waals surface area contributed by atoms with Gasteiger partial charge in [0.2, 0.25) is 5.91 Å². The lowest BCUT2D eigenvalue weighted by atomic mass is 9.71. The van der Waals surface area contributed by atoms with Crippen LogP contribution in [-0.4, -0.2) is 52.3 Å². The van der Waals surface area contributed by atoms with Gasteiger partial charge in [0.25, 0.3) is 0 Å². The number of carbonyl (C=O) groups is 2. The first kappa shape index (κ1) is 29.4. The van der Waals surface area contributed by atoms with Crippen molar-refractivity contribution in [1.82, 2.24) is 10.2 Å². The van der Waals surface area contributed by atoms with Gasteiger partial charge in [0.1, 0.15) is 0 Å². The minimum absolute atomic E-state index is 0.0508. The quantitative estimate of drug-likeness (QED) is 0.323. The molecule has 1 saturated carbocycles. The third-order valence-corrected chi connectivity index (χ3v) is 8.98. The Hall–Kier alpha value is -2.61. The zero-order valence-electron chi connectivity index (χ0n) is 23.0. The summed E-state index contributed by atoms with van der Waals surface area (Å²) in [5, 5.41) is 25.0. The number of halogens is 1. The molecule has 2 aromatic carbocycles. The predicted octanol–water partition coefficient (Wildman–Crippen LogP) is 5.56. The summed E-state index contributed by atoms with van der Waals surface area (Å²) in [6.07, 6.45) is 4.51. The number of hydrogen-bond acceptors (Lipinski definition) is 4. The van der Waals surface area contributed by atoms with Gasteiger partial charge < -0.3 is 26.2 Å². The summed E-state index contributed by atoms with van der Waals surface area (Å²) in [5.41, 5.74) is 8.42. The highest BCUT2D eigenvalue weighted by Crippen LogP contribution is 2.46. The number of carbonyl (C=O) groups excluding carboxylic acids is 1. The van der Waals surface area contributed by atoms with Crippen molar-refractivity contribution in [2.75, 3.05) is 13.1 Å². The van der Waals surface area contributed by atoms with Gasteiger partial charge >= 0.3 is 6.09 Å². The lowest BCUT2D eigenvalue weighted by molar-refractivity contribution is -0.141. The van der Waals surface area contributed by atoms with Crippen LogP contribution < -0.4 is 11.1 Å². The van der Waals surface area contributed by atoms with Crippen LogP contribution in [0.4, 0.5) is 4.79 Å². The average Bonchev–Trinajstić information content (AvgIpc) is 3.37. The van der Waals surface area contributed by atoms with Crippen LogP contribution in [-0.2, 0) is 16.8 Å². The Balaban J connectivity index is 1.72. The molecule has 2 aliphatic rings. The molecule has 1 aliphatic heterocycles. The molecule has 212 valence electrons. The van der Waals surface area contributed by atoms with E-state index < -0.39 is 11.7 Å². The standard InChI is InChI=1S/C31H42ClN3O4/c1-3-21-7-4-8-22(17-21)28-26(10-5-11-27(28)32)31(39,15-14-20(2)34-30(37)38)24-9-6-16-35(19-24)29(36)23-12-13-25(33)18-23/h4-5,7-8,10-11,17,20,23-25,34,39H,3,6,9,12-16,18-19,33H2,1-2H3,(H,37,38). The van der Waals surface area contributed by atoms with Gasteiger partial charge in [-0.15, -0.1) is 0 Å². The molecule has 1 saturated heterocycles. The van der Waals surface area contributed by atoms with Crippen LogP contribution in [0.1, 0.15) is 69.9 Å². The number of amides is 2. The number of aryl methyl sites for hydroxylation is 1. The van der Waals surface area contributed by atoms with Gasteiger partial charge in [-0.05, 0) is 81.0 Å². The van der Waals surface area contributed by atoms with E-state index in [0.29, 0.717) is 31.0 Å². The van der Waals surface area contributed by atoms with Crippen molar-refractivity contribution >= 4 is 23.6 Å². The number of hydrogen-bond donors (Lipinski definition) is 4. The molecule has 39 heavy (non-hydrogen) atoms. The Labute approximate surface area is 236 Å². The van der Waals surface area contributed by atoms with Crippen LogP contribution in [0.5, 0.6) is 0 Å². The molecule has 4 rings (SSSR count). The van der Waals surface area contributed by atoms with Crippen LogP contribution in [0.25, 0.3) is 11.1 Å². The molecular weight excluding hydrogens is 514 g/mol. The molecule has 1 aliphatic carbocycles. The predicted molar refractivity (Wildman–Crippen MR) is 155 cm³/mol. The van der Waals surface area contributed by atoms with Crippen molar-refractivity contribution in [2.24, 2.45) is 17.6 Å². The number of rotatable bonds is 9. The van der Waals surface area contributed by atoms with Crippen molar-refractivity contribution < 1.29 is 19.8 Å². The second-order valence-electron chi connectivity index (χ2n) is 11.4. The van der Waals surface area contributed by atoms with Crippen LogP contribution in [0.3, 0.4) is 0 Å². The van der Waals surface area contributed by atoms with Crippen LogP contribution in [0.15, 0.2) is 42.5 Å². The number of aliphatic hydroxyl groups is 1. The van der Waals surface area contributed by atoms with Gasteiger partial charge in [0, 0.05) is 47.6 Å². The number of likely N-dealkylation sites (tertiary alicyclic amines) is 1. The number of nitrogens with one attached hydrogen (secondary N) is 1. The maximum Gasteiger partial charge on any atom is 0.404 e. The summed E-state index contributed by atoms with van der Waals surface area (Å²) in [4.78, 5) is 26.6. The van der Waals surface area contributed by atoms with Crippen LogP contribution >= 0.6 is 11.6 Å². The fourth-order valence-corrected chi connectivity index (χ4v) is 6.75. The highest BCUT2D eigenvalue weighted by atomic mass is 35.5. The summed E-state index contributed by atoms with van der Waals surface area (Å²) in [7, 11) is 0. The smallest absolute Gasteiger partial charge is 0.404 e. The van der Waals surface area contributed by atoms with Gasteiger partial charge in [-0.3, -0.25) is 4.79 Å². The van der Waals surface area contributed by atoms with Crippen LogP contribution in [0.2, 0.25) is 5.02 Å². The van der Waals surface area contributed by atoms with Crippen molar-refractivity contribution in [1.29, 1.82) is 0 Å². The summed E-state index contributed by atoms with van der Waals surface area (Å²) in [6.45, 7) is 5.03. The molecule has 5 unspecified atom stereocenters. The van der Waals surface area contributed by atoms with Crippen LogP contribution in [0, 0.1) is 11.8 Å². The average molecular weight is 556 g/mol. The highest BCUT2D eigenvalue weighted by molar-refractivity contribution is 6.33. The molecule has 0 aromatic heterocycles. The molecule has 2 amide bonds. The van der Waals surface area contributed by atoms with E-state index in [1.54, 1.807) is 6.92 Å². The summed E-state index contributed by atoms with van der Waals surface area (Å²) < 4.78 is 0. The molecule has 8 heteroatoms. The molecule has 5 atom stereocenters. The van der Waals surface area contributed by atoms with E-state index in [2.05, 4.69) is 24.4 Å². The summed E-state index contributed by atoms with van der Waals surface area (Å²) in [5.74, 6) is -0.142. The van der Waals surface area contributed by atoms with Crippen molar-refractivity contribution in [3.63, 3.8) is 0 Å². The topological polar surface area (TPSA) is 116 Å². The maximum atomic E-state index is 13.4. The lowest BCUT2D eigenvalue weighted by Crippen LogP contribution is -2.50. The molecule has 2 aromatic rings. The maximum absolute atomic E-state index is 13.4. The Morgan fingerprint density at radius 1 is 1.21 bits per heavy atom. The second-order valence-corrected chi connectivity index (χ2v) is 11.8. The highest BCUT2D eigenvalue weighted by Gasteiger charge is 2.44. The molecule has 5 N–H and O–H groups in total. The summed E-state index contributed by atoms with van der Waals surface area (Å²) >= 11 is 6.84. The van der Waals surface area contributed by atoms with Gasteiger partial charge in [-0.2, -0.15) is 0 Å². The minimum Gasteiger partial charge on any atom is -0.465 e. The van der Waals surface area contributed by atoms with E-state index in [1.165, 1.54) is 5.56 Å². The van der Waals surface area contributed by atoms with E-state index in [4.69, 9.17) is 17.3 Å². The van der Waals surface area contributed by atoms with Gasteiger partial charge in [-0.1, -0.05) is 54.9 Å². The third-order valence-electron chi connectivity index (χ3n) is 8.66. The van der Waals surface area contributed by atoms with E-state index >= 15 is 0 Å². The molecule has 0 bridgehead atoms. The Morgan fingerprint density at radius 3 is 2.67 bits per heavy atom. The van der Waals surface area contributed by atoms with Crippen molar-refractivity contribution in [3.05, 3.63) is 58.6 Å². The number of nitrogens with two attached hydrogens (primary N) is 1. The second kappa shape index (κ2) is 12.7. The Kier molecular flexibility index (Phi) is 9.57. The molecule has 0 radical (unpaired) electrons. The normalized spacial score (nSPS) is 23.7. The molecule has 1 heterocycles. The third kappa shape index (κ3) is 6.76. The first-order valence-corrected chi connectivity index (χ1v) is 14.6. The number of benzene rings is 2. The van der Waals surface area contributed by atoms with Gasteiger partial charge in [0.05, 0.1) is 5.60 Å².